The molecule has 0 bridgehead atoms. The highest BCUT2D eigenvalue weighted by Crippen LogP contribution is 2.38. The number of benzene rings is 1. The highest BCUT2D eigenvalue weighted by atomic mass is 79.9. The van der Waals surface area contributed by atoms with E-state index in [0.29, 0.717) is 13.2 Å². The molecule has 2 aromatic rings. The molecule has 0 radical (unpaired) electrons. The Balaban J connectivity index is 1.52. The minimum Gasteiger partial charge on any atom is -0.490 e. The van der Waals surface area contributed by atoms with Gasteiger partial charge < -0.3 is 14.4 Å². The van der Waals surface area contributed by atoms with Gasteiger partial charge in [0.1, 0.15) is 0 Å². The number of nitrogens with zero attached hydrogens (tertiary/aromatic N) is 1. The molecular weight excluding hydrogens is 414 g/mol. The molecule has 3 heterocycles. The molecule has 6 heteroatoms. The third-order valence-corrected chi connectivity index (χ3v) is 6.27. The Bertz CT molecular complexity index is 832. The van der Waals surface area contributed by atoms with Crippen molar-refractivity contribution in [3.63, 3.8) is 0 Å². The van der Waals surface area contributed by atoms with Crippen LogP contribution in [0.3, 0.4) is 0 Å². The molecule has 1 amide bonds. The van der Waals surface area contributed by atoms with Gasteiger partial charge in [0.05, 0.1) is 23.0 Å². The van der Waals surface area contributed by atoms with Gasteiger partial charge in [-0.05, 0) is 64.7 Å². The third kappa shape index (κ3) is 3.81. The Morgan fingerprint density at radius 1 is 1.15 bits per heavy atom. The number of amides is 1. The van der Waals surface area contributed by atoms with Gasteiger partial charge in [-0.2, -0.15) is 0 Å². The standard InChI is InChI=1S/C20H20BrNO3S/c21-19-8-5-15(26-19)6-9-20(23)22-10-1-3-16(22)14-4-7-17-18(13-14)25-12-2-11-24-17/h4-9,13,16H,1-3,10-12H2/b9-6+. The Labute approximate surface area is 165 Å². The van der Waals surface area contributed by atoms with Crippen LogP contribution in [0.1, 0.15) is 35.7 Å². The van der Waals surface area contributed by atoms with Crippen LogP contribution < -0.4 is 9.47 Å². The molecule has 1 fully saturated rings. The lowest BCUT2D eigenvalue weighted by molar-refractivity contribution is -0.126. The van der Waals surface area contributed by atoms with Gasteiger partial charge in [-0.3, -0.25) is 4.79 Å². The number of carbonyl (C=O) groups is 1. The van der Waals surface area contributed by atoms with Crippen molar-refractivity contribution < 1.29 is 14.3 Å². The van der Waals surface area contributed by atoms with Crippen molar-refractivity contribution in [2.75, 3.05) is 19.8 Å². The van der Waals surface area contributed by atoms with Crippen molar-refractivity contribution in [1.82, 2.24) is 4.90 Å². The maximum atomic E-state index is 12.7. The van der Waals surface area contributed by atoms with Crippen molar-refractivity contribution in [2.45, 2.75) is 25.3 Å². The summed E-state index contributed by atoms with van der Waals surface area (Å²) in [7, 11) is 0. The van der Waals surface area contributed by atoms with Crippen molar-refractivity contribution >= 4 is 39.2 Å². The first-order chi connectivity index (χ1) is 12.7. The van der Waals surface area contributed by atoms with E-state index in [2.05, 4.69) is 22.0 Å². The zero-order valence-electron chi connectivity index (χ0n) is 14.3. The van der Waals surface area contributed by atoms with Gasteiger partial charge in [0.25, 0.3) is 0 Å². The van der Waals surface area contributed by atoms with Crippen LogP contribution in [0, 0.1) is 0 Å². The molecule has 2 aliphatic heterocycles. The van der Waals surface area contributed by atoms with E-state index in [1.807, 2.05) is 35.2 Å². The minimum absolute atomic E-state index is 0.0594. The first-order valence-corrected chi connectivity index (χ1v) is 10.5. The van der Waals surface area contributed by atoms with E-state index in [4.69, 9.17) is 9.47 Å². The number of likely N-dealkylation sites (tertiary alicyclic amines) is 1. The first-order valence-electron chi connectivity index (χ1n) is 8.84. The molecule has 136 valence electrons. The van der Waals surface area contributed by atoms with Crippen LogP contribution in [-0.2, 0) is 4.79 Å². The second kappa shape index (κ2) is 7.84. The molecule has 0 spiro atoms. The summed E-state index contributed by atoms with van der Waals surface area (Å²) in [5.74, 6) is 1.65. The SMILES string of the molecule is O=C(/C=C/c1ccc(Br)s1)N1CCCC1c1ccc2c(c1)OCCCO2. The Morgan fingerprint density at radius 3 is 2.81 bits per heavy atom. The third-order valence-electron chi connectivity index (χ3n) is 4.68. The van der Waals surface area contributed by atoms with E-state index in [0.717, 1.165) is 51.5 Å². The Hall–Kier alpha value is -1.79. The molecule has 26 heavy (non-hydrogen) atoms. The van der Waals surface area contributed by atoms with Gasteiger partial charge in [0, 0.05) is 23.9 Å². The number of hydrogen-bond acceptors (Lipinski definition) is 4. The fourth-order valence-corrected chi connectivity index (χ4v) is 4.76. The molecule has 1 aromatic heterocycles. The molecule has 1 aromatic carbocycles. The highest BCUT2D eigenvalue weighted by Gasteiger charge is 2.29. The highest BCUT2D eigenvalue weighted by molar-refractivity contribution is 9.11. The number of carbonyl (C=O) groups excluding carboxylic acids is 1. The molecule has 2 aliphatic rings. The van der Waals surface area contributed by atoms with Crippen molar-refractivity contribution in [3.8, 4) is 11.5 Å². The molecule has 0 N–H and O–H groups in total. The normalized spacial score (nSPS) is 19.7. The van der Waals surface area contributed by atoms with Crippen LogP contribution in [0.15, 0.2) is 40.2 Å². The maximum absolute atomic E-state index is 12.7. The van der Waals surface area contributed by atoms with E-state index < -0.39 is 0 Å². The zero-order valence-corrected chi connectivity index (χ0v) is 16.7. The van der Waals surface area contributed by atoms with E-state index in [1.54, 1.807) is 17.4 Å². The van der Waals surface area contributed by atoms with Crippen molar-refractivity contribution in [2.24, 2.45) is 0 Å². The van der Waals surface area contributed by atoms with Gasteiger partial charge in [0.2, 0.25) is 5.91 Å². The number of ether oxygens (including phenoxy) is 2. The quantitative estimate of drug-likeness (QED) is 0.635. The smallest absolute Gasteiger partial charge is 0.247 e. The molecular formula is C20H20BrNO3S. The van der Waals surface area contributed by atoms with Crippen LogP contribution in [0.4, 0.5) is 0 Å². The fraction of sp³-hybridized carbons (Fsp3) is 0.350. The summed E-state index contributed by atoms with van der Waals surface area (Å²) in [4.78, 5) is 15.8. The van der Waals surface area contributed by atoms with Crippen molar-refractivity contribution in [1.29, 1.82) is 0 Å². The largest absolute Gasteiger partial charge is 0.490 e. The average molecular weight is 434 g/mol. The predicted molar refractivity (Wildman–Crippen MR) is 107 cm³/mol. The van der Waals surface area contributed by atoms with Crippen molar-refractivity contribution in [3.05, 3.63) is 50.6 Å². The van der Waals surface area contributed by atoms with Crippen LogP contribution in [-0.4, -0.2) is 30.6 Å². The number of fused-ring (bicyclic) bond motifs is 1. The molecule has 4 nitrogen and oxygen atoms in total. The van der Waals surface area contributed by atoms with Gasteiger partial charge in [-0.15, -0.1) is 11.3 Å². The first kappa shape index (κ1) is 17.6. The molecule has 0 saturated carbocycles. The van der Waals surface area contributed by atoms with Gasteiger partial charge in [0.15, 0.2) is 11.5 Å². The van der Waals surface area contributed by atoms with Gasteiger partial charge >= 0.3 is 0 Å². The number of rotatable bonds is 3. The van der Waals surface area contributed by atoms with Crippen LogP contribution >= 0.6 is 27.3 Å². The van der Waals surface area contributed by atoms with Gasteiger partial charge in [-0.25, -0.2) is 0 Å². The summed E-state index contributed by atoms with van der Waals surface area (Å²) in [6.45, 7) is 2.14. The van der Waals surface area contributed by atoms with E-state index in [-0.39, 0.29) is 11.9 Å². The summed E-state index contributed by atoms with van der Waals surface area (Å²) in [6, 6.07) is 10.2. The Kier molecular flexibility index (Phi) is 5.31. The number of halogens is 1. The second-order valence-corrected chi connectivity index (χ2v) is 8.92. The molecule has 0 aliphatic carbocycles. The summed E-state index contributed by atoms with van der Waals surface area (Å²) < 4.78 is 12.6. The fourth-order valence-electron chi connectivity index (χ4n) is 3.43. The lowest BCUT2D eigenvalue weighted by Gasteiger charge is -2.24. The van der Waals surface area contributed by atoms with E-state index in [1.165, 1.54) is 0 Å². The zero-order chi connectivity index (χ0) is 17.9. The predicted octanol–water partition coefficient (Wildman–Crippen LogP) is 5.05. The van der Waals surface area contributed by atoms with Crippen LogP contribution in [0.5, 0.6) is 11.5 Å². The second-order valence-electron chi connectivity index (χ2n) is 6.42. The summed E-state index contributed by atoms with van der Waals surface area (Å²) in [5.41, 5.74) is 1.12. The van der Waals surface area contributed by atoms with Gasteiger partial charge in [-0.1, -0.05) is 6.07 Å². The number of hydrogen-bond donors (Lipinski definition) is 0. The summed E-state index contributed by atoms with van der Waals surface area (Å²) in [6.07, 6.45) is 6.45. The monoisotopic (exact) mass is 433 g/mol. The minimum atomic E-state index is 0.0594. The topological polar surface area (TPSA) is 38.8 Å². The summed E-state index contributed by atoms with van der Waals surface area (Å²) in [5, 5.41) is 0. The van der Waals surface area contributed by atoms with E-state index in [9.17, 15) is 4.79 Å². The lowest BCUT2D eigenvalue weighted by atomic mass is 10.0. The summed E-state index contributed by atoms with van der Waals surface area (Å²) >= 11 is 5.06. The molecule has 1 saturated heterocycles. The molecule has 4 rings (SSSR count). The molecule has 1 unspecified atom stereocenters. The van der Waals surface area contributed by atoms with Crippen LogP contribution in [0.2, 0.25) is 0 Å². The Morgan fingerprint density at radius 2 is 2.00 bits per heavy atom. The lowest BCUT2D eigenvalue weighted by Crippen LogP contribution is -2.28. The molecule has 1 atom stereocenters. The van der Waals surface area contributed by atoms with Crippen LogP contribution in [0.25, 0.3) is 6.08 Å². The maximum Gasteiger partial charge on any atom is 0.247 e. The van der Waals surface area contributed by atoms with E-state index >= 15 is 0 Å². The number of thiophene rings is 1. The average Bonchev–Trinajstić information content (AvgIpc) is 3.23.